The molecule has 0 spiro atoms. The summed E-state index contributed by atoms with van der Waals surface area (Å²) in [7, 11) is -3.46. The predicted octanol–water partition coefficient (Wildman–Crippen LogP) is 1.83. The topological polar surface area (TPSA) is 105 Å². The van der Waals surface area contributed by atoms with Gasteiger partial charge in [-0.2, -0.15) is 5.26 Å². The summed E-state index contributed by atoms with van der Waals surface area (Å²) < 4.78 is 29.3. The lowest BCUT2D eigenvalue weighted by Gasteiger charge is -2.08. The molecule has 20 heavy (non-hydrogen) atoms. The van der Waals surface area contributed by atoms with Crippen LogP contribution in [0.4, 0.5) is 10.7 Å². The standard InChI is InChI=1S/C12H19N3O3S2/c1-3-18-7-5-6-15-12-11(20(16,17)4-2)10(14)9(8-13)19-12/h15H,3-7,14H2,1-2H3. The molecule has 0 bridgehead atoms. The first kappa shape index (κ1) is 16.8. The molecule has 1 heterocycles. The zero-order valence-electron chi connectivity index (χ0n) is 11.6. The molecule has 0 aliphatic rings. The molecule has 0 aromatic carbocycles. The molecule has 0 unspecified atom stereocenters. The normalized spacial score (nSPS) is 11.2. The van der Waals surface area contributed by atoms with E-state index in [0.29, 0.717) is 24.8 Å². The van der Waals surface area contributed by atoms with Crippen molar-refractivity contribution in [3.05, 3.63) is 4.88 Å². The van der Waals surface area contributed by atoms with Crippen molar-refractivity contribution >= 4 is 31.9 Å². The minimum atomic E-state index is -3.46. The molecule has 1 aromatic heterocycles. The van der Waals surface area contributed by atoms with Crippen LogP contribution in [0.5, 0.6) is 0 Å². The molecule has 0 saturated heterocycles. The highest BCUT2D eigenvalue weighted by atomic mass is 32.2. The van der Waals surface area contributed by atoms with Crippen molar-refractivity contribution in [3.8, 4) is 6.07 Å². The van der Waals surface area contributed by atoms with Crippen LogP contribution < -0.4 is 11.1 Å². The molecule has 112 valence electrons. The van der Waals surface area contributed by atoms with E-state index in [9.17, 15) is 8.42 Å². The quantitative estimate of drug-likeness (QED) is 0.709. The Balaban J connectivity index is 2.93. The Hall–Kier alpha value is -1.30. The Kier molecular flexibility index (Phi) is 6.26. The number of nitrogens with zero attached hydrogens (tertiary/aromatic N) is 1. The second-order valence-corrected chi connectivity index (χ2v) is 7.23. The Morgan fingerprint density at radius 2 is 2.15 bits per heavy atom. The lowest BCUT2D eigenvalue weighted by Crippen LogP contribution is -2.11. The SMILES string of the molecule is CCOCCCNc1sc(C#N)c(N)c1S(=O)(=O)CC. The number of rotatable bonds is 8. The summed E-state index contributed by atoms with van der Waals surface area (Å²) in [6.45, 7) is 5.29. The summed E-state index contributed by atoms with van der Waals surface area (Å²) in [4.78, 5) is 0.280. The minimum absolute atomic E-state index is 0.0478. The molecule has 8 heteroatoms. The summed E-state index contributed by atoms with van der Waals surface area (Å²) in [6.07, 6.45) is 0.749. The van der Waals surface area contributed by atoms with Crippen molar-refractivity contribution in [2.75, 3.05) is 36.6 Å². The van der Waals surface area contributed by atoms with Crippen LogP contribution in [0.3, 0.4) is 0 Å². The van der Waals surface area contributed by atoms with E-state index in [-0.39, 0.29) is 21.2 Å². The van der Waals surface area contributed by atoms with Crippen molar-refractivity contribution < 1.29 is 13.2 Å². The number of nitriles is 1. The number of anilines is 2. The minimum Gasteiger partial charge on any atom is -0.396 e. The number of nitrogen functional groups attached to an aromatic ring is 1. The number of nitrogens with two attached hydrogens (primary N) is 1. The highest BCUT2D eigenvalue weighted by Gasteiger charge is 2.25. The van der Waals surface area contributed by atoms with Crippen LogP contribution in [0, 0.1) is 11.3 Å². The summed E-state index contributed by atoms with van der Waals surface area (Å²) >= 11 is 1.07. The molecule has 0 aliphatic carbocycles. The monoisotopic (exact) mass is 317 g/mol. The molecule has 1 aromatic rings. The molecular weight excluding hydrogens is 298 g/mol. The highest BCUT2D eigenvalue weighted by Crippen LogP contribution is 2.39. The van der Waals surface area contributed by atoms with Crippen molar-refractivity contribution in [1.29, 1.82) is 5.26 Å². The summed E-state index contributed by atoms with van der Waals surface area (Å²) in [6, 6.07) is 1.93. The number of sulfone groups is 1. The fourth-order valence-corrected chi connectivity index (χ4v) is 4.09. The van der Waals surface area contributed by atoms with E-state index in [0.717, 1.165) is 17.8 Å². The molecule has 0 amide bonds. The smallest absolute Gasteiger partial charge is 0.183 e. The maximum Gasteiger partial charge on any atom is 0.183 e. The maximum atomic E-state index is 12.1. The van der Waals surface area contributed by atoms with Crippen LogP contribution >= 0.6 is 11.3 Å². The number of hydrogen-bond donors (Lipinski definition) is 2. The van der Waals surface area contributed by atoms with Gasteiger partial charge in [0.25, 0.3) is 0 Å². The summed E-state index contributed by atoms with van der Waals surface area (Å²) in [5, 5.41) is 12.5. The van der Waals surface area contributed by atoms with Crippen molar-refractivity contribution in [2.45, 2.75) is 25.2 Å². The van der Waals surface area contributed by atoms with Gasteiger partial charge in [0.2, 0.25) is 0 Å². The summed E-state index contributed by atoms with van der Waals surface area (Å²) in [5.41, 5.74) is 5.82. The van der Waals surface area contributed by atoms with Gasteiger partial charge in [-0.25, -0.2) is 8.42 Å². The zero-order chi connectivity index (χ0) is 15.2. The molecule has 0 saturated carbocycles. The highest BCUT2D eigenvalue weighted by molar-refractivity contribution is 7.91. The van der Waals surface area contributed by atoms with Gasteiger partial charge in [-0.1, -0.05) is 6.92 Å². The molecular formula is C12H19N3O3S2. The molecule has 0 aliphatic heterocycles. The Labute approximate surface area is 123 Å². The van der Waals surface area contributed by atoms with E-state index in [1.807, 2.05) is 13.0 Å². The maximum absolute atomic E-state index is 12.1. The van der Waals surface area contributed by atoms with Crippen LogP contribution in [0.25, 0.3) is 0 Å². The van der Waals surface area contributed by atoms with Crippen LogP contribution in [-0.2, 0) is 14.6 Å². The average Bonchev–Trinajstić information content (AvgIpc) is 2.75. The van der Waals surface area contributed by atoms with E-state index in [2.05, 4.69) is 5.32 Å². The number of nitrogens with one attached hydrogen (secondary N) is 1. The van der Waals surface area contributed by atoms with Gasteiger partial charge in [-0.3, -0.25) is 0 Å². The van der Waals surface area contributed by atoms with E-state index >= 15 is 0 Å². The lowest BCUT2D eigenvalue weighted by atomic mass is 10.4. The van der Waals surface area contributed by atoms with Gasteiger partial charge in [0.05, 0.1) is 11.4 Å². The fraction of sp³-hybridized carbons (Fsp3) is 0.583. The first-order valence-electron chi connectivity index (χ1n) is 6.34. The van der Waals surface area contributed by atoms with Gasteiger partial charge in [-0.15, -0.1) is 11.3 Å². The Morgan fingerprint density at radius 1 is 1.45 bits per heavy atom. The lowest BCUT2D eigenvalue weighted by molar-refractivity contribution is 0.147. The van der Waals surface area contributed by atoms with Gasteiger partial charge >= 0.3 is 0 Å². The van der Waals surface area contributed by atoms with E-state index in [4.69, 9.17) is 15.7 Å². The van der Waals surface area contributed by atoms with Gasteiger partial charge in [-0.05, 0) is 13.3 Å². The van der Waals surface area contributed by atoms with E-state index in [1.165, 1.54) is 0 Å². The first-order valence-corrected chi connectivity index (χ1v) is 8.81. The van der Waals surface area contributed by atoms with Crippen LogP contribution in [0.2, 0.25) is 0 Å². The zero-order valence-corrected chi connectivity index (χ0v) is 13.2. The van der Waals surface area contributed by atoms with Gasteiger partial charge < -0.3 is 15.8 Å². The largest absolute Gasteiger partial charge is 0.396 e. The predicted molar refractivity (Wildman–Crippen MR) is 80.8 cm³/mol. The first-order chi connectivity index (χ1) is 9.47. The number of hydrogen-bond acceptors (Lipinski definition) is 7. The van der Waals surface area contributed by atoms with Crippen molar-refractivity contribution in [3.63, 3.8) is 0 Å². The Bertz CT molecular complexity index is 588. The third-order valence-corrected chi connectivity index (χ3v) is 5.65. The molecule has 3 N–H and O–H groups in total. The van der Waals surface area contributed by atoms with Crippen molar-refractivity contribution in [1.82, 2.24) is 0 Å². The van der Waals surface area contributed by atoms with Gasteiger partial charge in [0, 0.05) is 19.8 Å². The third kappa shape index (κ3) is 3.85. The van der Waals surface area contributed by atoms with Crippen molar-refractivity contribution in [2.24, 2.45) is 0 Å². The van der Waals surface area contributed by atoms with E-state index < -0.39 is 9.84 Å². The van der Waals surface area contributed by atoms with E-state index in [1.54, 1.807) is 6.92 Å². The molecule has 1 rings (SSSR count). The van der Waals surface area contributed by atoms with Crippen LogP contribution in [-0.4, -0.2) is 33.9 Å². The number of ether oxygens (including phenoxy) is 1. The van der Waals surface area contributed by atoms with Gasteiger partial charge in [0.15, 0.2) is 9.84 Å². The molecule has 6 nitrogen and oxygen atoms in total. The second kappa shape index (κ2) is 7.47. The van der Waals surface area contributed by atoms with Gasteiger partial charge in [0.1, 0.15) is 20.8 Å². The van der Waals surface area contributed by atoms with Crippen LogP contribution in [0.15, 0.2) is 4.90 Å². The third-order valence-electron chi connectivity index (χ3n) is 2.65. The summed E-state index contributed by atoms with van der Waals surface area (Å²) in [5.74, 6) is -0.0492. The second-order valence-electron chi connectivity index (χ2n) is 4.00. The molecule has 0 fully saturated rings. The Morgan fingerprint density at radius 3 is 2.70 bits per heavy atom. The fourth-order valence-electron chi connectivity index (χ4n) is 1.60. The average molecular weight is 317 g/mol. The molecule has 0 radical (unpaired) electrons. The number of thiophene rings is 1. The molecule has 0 atom stereocenters. The van der Waals surface area contributed by atoms with Crippen LogP contribution in [0.1, 0.15) is 25.1 Å².